The summed E-state index contributed by atoms with van der Waals surface area (Å²) in [7, 11) is 0. The monoisotopic (exact) mass is 755 g/mol. The smallest absolute Gasteiger partial charge is 0.161 e. The number of pyridine rings is 1. The fourth-order valence-corrected chi connectivity index (χ4v) is 8.82. The highest BCUT2D eigenvalue weighted by atomic mass is 15.0. The summed E-state index contributed by atoms with van der Waals surface area (Å²) in [6.07, 6.45) is 0. The van der Waals surface area contributed by atoms with Crippen LogP contribution in [-0.4, -0.2) is 27.4 Å². The zero-order valence-electron chi connectivity index (χ0n) is 32.2. The van der Waals surface area contributed by atoms with Gasteiger partial charge in [0.1, 0.15) is 0 Å². The SMILES string of the molecule is C=NC(=NC(=NCc1cccc(-c2cccc(-n3c4ccccc4c4c5c6ccccc6c6cc7ccccc7n6c5ccc43)c2)c1)c1ccccc1)c1ccccc1. The average molecular weight is 756 g/mol. The minimum Gasteiger partial charge on any atom is -0.309 e. The van der Waals surface area contributed by atoms with Crippen LogP contribution in [0.1, 0.15) is 16.7 Å². The molecular weight excluding hydrogens is 719 g/mol. The first-order chi connectivity index (χ1) is 29.2. The van der Waals surface area contributed by atoms with E-state index in [0.717, 1.165) is 33.5 Å². The van der Waals surface area contributed by atoms with Crippen molar-refractivity contribution in [1.82, 2.24) is 8.97 Å². The topological polar surface area (TPSA) is 46.4 Å². The molecule has 0 unspecified atom stereocenters. The number of rotatable bonds is 6. The van der Waals surface area contributed by atoms with Crippen LogP contribution in [0.2, 0.25) is 0 Å². The molecule has 0 spiro atoms. The number of aliphatic imine (C=N–C) groups is 3. The van der Waals surface area contributed by atoms with Crippen LogP contribution in [0.15, 0.2) is 215 Å². The van der Waals surface area contributed by atoms with E-state index in [1.807, 2.05) is 60.7 Å². The third-order valence-electron chi connectivity index (χ3n) is 11.4. The van der Waals surface area contributed by atoms with Gasteiger partial charge in [-0.05, 0) is 77.3 Å². The second kappa shape index (κ2) is 14.2. The normalized spacial score (nSPS) is 12.4. The largest absolute Gasteiger partial charge is 0.309 e. The second-order valence-electron chi connectivity index (χ2n) is 14.9. The van der Waals surface area contributed by atoms with Crippen LogP contribution < -0.4 is 0 Å². The summed E-state index contributed by atoms with van der Waals surface area (Å²) in [6, 6.07) is 70.8. The minimum atomic E-state index is 0.457. The zero-order valence-corrected chi connectivity index (χ0v) is 32.2. The Balaban J connectivity index is 1.04. The number of hydrogen-bond acceptors (Lipinski definition) is 1. The van der Waals surface area contributed by atoms with Gasteiger partial charge in [0.05, 0.1) is 34.1 Å². The van der Waals surface area contributed by atoms with Crippen LogP contribution in [0, 0.1) is 0 Å². The van der Waals surface area contributed by atoms with Crippen molar-refractivity contribution < 1.29 is 0 Å². The molecule has 278 valence electrons. The summed E-state index contributed by atoms with van der Waals surface area (Å²) in [5.74, 6) is 1.15. The van der Waals surface area contributed by atoms with Gasteiger partial charge in [-0.15, -0.1) is 0 Å². The number of hydrogen-bond donors (Lipinski definition) is 0. The lowest BCUT2D eigenvalue weighted by atomic mass is 10.00. The molecule has 0 saturated carbocycles. The van der Waals surface area contributed by atoms with Gasteiger partial charge in [0.2, 0.25) is 0 Å². The molecule has 0 aliphatic rings. The Morgan fingerprint density at radius 2 is 1.05 bits per heavy atom. The first kappa shape index (κ1) is 34.4. The lowest BCUT2D eigenvalue weighted by Crippen LogP contribution is -2.05. The third kappa shape index (κ3) is 5.82. The number of benzene rings is 8. The fraction of sp³-hybridized carbons (Fsp3) is 0.0185. The average Bonchev–Trinajstić information content (AvgIpc) is 3.87. The molecule has 0 radical (unpaired) electrons. The van der Waals surface area contributed by atoms with E-state index in [4.69, 9.17) is 9.98 Å². The molecule has 5 heteroatoms. The van der Waals surface area contributed by atoms with Crippen molar-refractivity contribution in [3.63, 3.8) is 0 Å². The maximum atomic E-state index is 5.05. The molecule has 11 rings (SSSR count). The summed E-state index contributed by atoms with van der Waals surface area (Å²) in [6.45, 7) is 4.27. The number of nitrogens with zero attached hydrogens (tertiary/aromatic N) is 5. The van der Waals surface area contributed by atoms with Gasteiger partial charge in [0.25, 0.3) is 0 Å². The molecule has 5 nitrogen and oxygen atoms in total. The molecule has 11 aromatic rings. The van der Waals surface area contributed by atoms with Crippen LogP contribution in [0.4, 0.5) is 0 Å². The first-order valence-corrected chi connectivity index (χ1v) is 19.9. The number of amidine groups is 2. The van der Waals surface area contributed by atoms with E-state index in [9.17, 15) is 0 Å². The van der Waals surface area contributed by atoms with Crippen LogP contribution in [-0.2, 0) is 6.54 Å². The van der Waals surface area contributed by atoms with Crippen molar-refractivity contribution in [3.05, 3.63) is 217 Å². The van der Waals surface area contributed by atoms with Gasteiger partial charge < -0.3 is 8.97 Å². The summed E-state index contributed by atoms with van der Waals surface area (Å²) in [5.41, 5.74) is 12.3. The molecule has 8 aromatic carbocycles. The Bertz CT molecular complexity index is 3480. The molecule has 59 heavy (non-hydrogen) atoms. The number of aromatic nitrogens is 2. The lowest BCUT2D eigenvalue weighted by Gasteiger charge is -2.13. The van der Waals surface area contributed by atoms with Gasteiger partial charge in [0.15, 0.2) is 11.7 Å². The minimum absolute atomic E-state index is 0.457. The molecule has 0 N–H and O–H groups in total. The predicted octanol–water partition coefficient (Wildman–Crippen LogP) is 13.3. The van der Waals surface area contributed by atoms with Crippen molar-refractivity contribution in [1.29, 1.82) is 0 Å². The highest BCUT2D eigenvalue weighted by Crippen LogP contribution is 2.42. The maximum Gasteiger partial charge on any atom is 0.161 e. The van der Waals surface area contributed by atoms with Gasteiger partial charge in [-0.2, -0.15) is 0 Å². The standard InChI is InChI=1S/C54H37N5/c1-55-53(37-17-4-2-5-18-37)57-54(38-19-6-3-7-20-38)56-35-36-16-14-22-39(32-36)40-23-15-24-42(33-40)58-47-29-13-11-27-45(47)52-48(58)30-31-49-51(52)44-26-10-9-25-43(44)50-34-41-21-8-12-28-46(41)59(49)50/h2-34H,1,35H2. The van der Waals surface area contributed by atoms with E-state index in [-0.39, 0.29) is 0 Å². The first-order valence-electron chi connectivity index (χ1n) is 19.9. The lowest BCUT2D eigenvalue weighted by molar-refractivity contribution is 1.06. The third-order valence-corrected chi connectivity index (χ3v) is 11.4. The Hall–Kier alpha value is -7.89. The van der Waals surface area contributed by atoms with Crippen LogP contribution in [0.25, 0.3) is 76.7 Å². The molecule has 0 fully saturated rings. The van der Waals surface area contributed by atoms with Gasteiger partial charge in [-0.25, -0.2) is 9.98 Å². The highest BCUT2D eigenvalue weighted by Gasteiger charge is 2.20. The number of para-hydroxylation sites is 2. The summed E-state index contributed by atoms with van der Waals surface area (Å²) < 4.78 is 4.88. The van der Waals surface area contributed by atoms with E-state index < -0.39 is 0 Å². The Morgan fingerprint density at radius 1 is 0.441 bits per heavy atom. The van der Waals surface area contributed by atoms with Crippen LogP contribution >= 0.6 is 0 Å². The summed E-state index contributed by atoms with van der Waals surface area (Å²) in [5, 5.41) is 7.52. The van der Waals surface area contributed by atoms with Gasteiger partial charge >= 0.3 is 0 Å². The molecule has 0 aliphatic heterocycles. The second-order valence-corrected chi connectivity index (χ2v) is 14.9. The van der Waals surface area contributed by atoms with E-state index in [2.05, 4.69) is 160 Å². The molecule has 3 aromatic heterocycles. The molecule has 0 saturated heterocycles. The highest BCUT2D eigenvalue weighted by molar-refractivity contribution is 6.30. The quantitative estimate of drug-likeness (QED) is 0.0922. The van der Waals surface area contributed by atoms with Crippen molar-refractivity contribution in [2.45, 2.75) is 6.54 Å². The fourth-order valence-electron chi connectivity index (χ4n) is 8.82. The van der Waals surface area contributed by atoms with Crippen LogP contribution in [0.3, 0.4) is 0 Å². The summed E-state index contributed by atoms with van der Waals surface area (Å²) in [4.78, 5) is 14.2. The van der Waals surface area contributed by atoms with E-state index in [0.29, 0.717) is 18.2 Å². The molecule has 0 atom stereocenters. The van der Waals surface area contributed by atoms with Gasteiger partial charge in [-0.3, -0.25) is 4.99 Å². The molecule has 0 aliphatic carbocycles. The van der Waals surface area contributed by atoms with Gasteiger partial charge in [-0.1, -0.05) is 152 Å². The van der Waals surface area contributed by atoms with Crippen molar-refractivity contribution in [2.24, 2.45) is 15.0 Å². The molecule has 0 bridgehead atoms. The van der Waals surface area contributed by atoms with E-state index in [1.165, 1.54) is 59.9 Å². The van der Waals surface area contributed by atoms with Crippen LogP contribution in [0.5, 0.6) is 0 Å². The van der Waals surface area contributed by atoms with Crippen molar-refractivity contribution in [3.8, 4) is 16.8 Å². The molecule has 3 heterocycles. The maximum absolute atomic E-state index is 5.05. The Labute approximate surface area is 341 Å². The van der Waals surface area contributed by atoms with Gasteiger partial charge in [0, 0.05) is 43.7 Å². The predicted molar refractivity (Wildman–Crippen MR) is 249 cm³/mol. The Kier molecular flexibility index (Phi) is 8.30. The van der Waals surface area contributed by atoms with Crippen molar-refractivity contribution in [2.75, 3.05) is 0 Å². The molecular formula is C54H37N5. The summed E-state index contributed by atoms with van der Waals surface area (Å²) >= 11 is 0. The molecule has 0 amide bonds. The zero-order chi connectivity index (χ0) is 39.3. The Morgan fingerprint density at radius 3 is 1.83 bits per heavy atom. The van der Waals surface area contributed by atoms with Crippen molar-refractivity contribution >= 4 is 78.3 Å². The van der Waals surface area contributed by atoms with E-state index in [1.54, 1.807) is 0 Å². The van der Waals surface area contributed by atoms with E-state index >= 15 is 0 Å². The number of fused-ring (bicyclic) bond motifs is 12.